The van der Waals surface area contributed by atoms with Crippen molar-refractivity contribution < 1.29 is 0 Å². The maximum absolute atomic E-state index is 4.03. The van der Waals surface area contributed by atoms with Crippen molar-refractivity contribution in [2.24, 2.45) is 23.7 Å². The maximum atomic E-state index is 4.03. The van der Waals surface area contributed by atoms with Crippen molar-refractivity contribution in [1.82, 2.24) is 0 Å². The molecule has 0 heterocycles. The van der Waals surface area contributed by atoms with Crippen molar-refractivity contribution in [2.45, 2.75) is 53.4 Å². The molecule has 0 aliphatic heterocycles. The molecule has 1 rings (SSSR count). The minimum absolute atomic E-state index is 0.838. The van der Waals surface area contributed by atoms with E-state index >= 15 is 0 Å². The molecule has 1 aliphatic carbocycles. The first-order valence-corrected chi connectivity index (χ1v) is 6.15. The highest BCUT2D eigenvalue weighted by Gasteiger charge is 2.29. The Labute approximate surface area is 89.8 Å². The molecule has 0 N–H and O–H groups in total. The maximum Gasteiger partial charge on any atom is -0.0297 e. The molecule has 0 saturated heterocycles. The van der Waals surface area contributed by atoms with Gasteiger partial charge >= 0.3 is 0 Å². The summed E-state index contributed by atoms with van der Waals surface area (Å²) in [5.41, 5.74) is 1.35. The van der Waals surface area contributed by atoms with Gasteiger partial charge in [0.15, 0.2) is 0 Å². The zero-order valence-corrected chi connectivity index (χ0v) is 10.3. The quantitative estimate of drug-likeness (QED) is 0.573. The van der Waals surface area contributed by atoms with Crippen LogP contribution in [0.4, 0.5) is 0 Å². The lowest BCUT2D eigenvalue weighted by Crippen LogP contribution is -2.27. The van der Waals surface area contributed by atoms with E-state index in [4.69, 9.17) is 0 Å². The number of hydrogen-bond donors (Lipinski definition) is 0. The number of hydrogen-bond acceptors (Lipinski definition) is 0. The molecule has 0 aromatic rings. The third-order valence-electron chi connectivity index (χ3n) is 3.92. The van der Waals surface area contributed by atoms with E-state index in [9.17, 15) is 0 Å². The molecule has 0 nitrogen and oxygen atoms in total. The Bertz CT molecular complexity index is 192. The van der Waals surface area contributed by atoms with E-state index in [1.165, 1.54) is 31.3 Å². The first kappa shape index (κ1) is 11.8. The molecule has 0 amide bonds. The smallest absolute Gasteiger partial charge is 0.0297 e. The molecular weight excluding hydrogens is 168 g/mol. The Morgan fingerprint density at radius 3 is 2.57 bits per heavy atom. The summed E-state index contributed by atoms with van der Waals surface area (Å²) in [4.78, 5) is 0. The van der Waals surface area contributed by atoms with Crippen LogP contribution in [0.5, 0.6) is 0 Å². The Balaban J connectivity index is 2.51. The SMILES string of the molecule is C=C(C)CC(C)C1CC(C)CCC1C. The molecule has 82 valence electrons. The molecule has 4 atom stereocenters. The van der Waals surface area contributed by atoms with E-state index in [2.05, 4.69) is 34.3 Å². The predicted octanol–water partition coefficient (Wildman–Crippen LogP) is 4.66. The fourth-order valence-electron chi connectivity index (χ4n) is 3.07. The van der Waals surface area contributed by atoms with Gasteiger partial charge < -0.3 is 0 Å². The van der Waals surface area contributed by atoms with Gasteiger partial charge in [-0.05, 0) is 43.4 Å². The van der Waals surface area contributed by atoms with Gasteiger partial charge in [-0.25, -0.2) is 0 Å². The zero-order chi connectivity index (χ0) is 10.7. The summed E-state index contributed by atoms with van der Waals surface area (Å²) in [7, 11) is 0. The van der Waals surface area contributed by atoms with Gasteiger partial charge in [0.1, 0.15) is 0 Å². The molecule has 0 heteroatoms. The van der Waals surface area contributed by atoms with E-state index in [-0.39, 0.29) is 0 Å². The van der Waals surface area contributed by atoms with Gasteiger partial charge in [-0.1, -0.05) is 39.2 Å². The van der Waals surface area contributed by atoms with Gasteiger partial charge in [-0.2, -0.15) is 0 Å². The Kier molecular flexibility index (Phi) is 4.22. The molecule has 0 aromatic carbocycles. The van der Waals surface area contributed by atoms with Crippen LogP contribution in [-0.4, -0.2) is 0 Å². The van der Waals surface area contributed by atoms with Crippen LogP contribution in [0.15, 0.2) is 12.2 Å². The Hall–Kier alpha value is -0.260. The van der Waals surface area contributed by atoms with E-state index in [0.29, 0.717) is 0 Å². The van der Waals surface area contributed by atoms with Crippen LogP contribution in [0, 0.1) is 23.7 Å². The third kappa shape index (κ3) is 3.15. The summed E-state index contributed by atoms with van der Waals surface area (Å²) in [6.45, 7) is 13.4. The number of allylic oxidation sites excluding steroid dienone is 1. The summed E-state index contributed by atoms with van der Waals surface area (Å²) in [5, 5.41) is 0. The van der Waals surface area contributed by atoms with Gasteiger partial charge in [0, 0.05) is 0 Å². The van der Waals surface area contributed by atoms with Crippen LogP contribution >= 0.6 is 0 Å². The van der Waals surface area contributed by atoms with E-state index in [0.717, 1.165) is 23.7 Å². The predicted molar refractivity (Wildman–Crippen MR) is 64.3 cm³/mol. The van der Waals surface area contributed by atoms with Crippen LogP contribution in [0.2, 0.25) is 0 Å². The second-order valence-corrected chi connectivity index (χ2v) is 5.70. The molecule has 0 aromatic heterocycles. The van der Waals surface area contributed by atoms with Crippen LogP contribution in [0.25, 0.3) is 0 Å². The fourth-order valence-corrected chi connectivity index (χ4v) is 3.07. The number of rotatable bonds is 3. The monoisotopic (exact) mass is 194 g/mol. The van der Waals surface area contributed by atoms with E-state index < -0.39 is 0 Å². The summed E-state index contributed by atoms with van der Waals surface area (Å²) in [6, 6.07) is 0. The first-order valence-electron chi connectivity index (χ1n) is 6.15. The van der Waals surface area contributed by atoms with Crippen molar-refractivity contribution >= 4 is 0 Å². The molecule has 14 heavy (non-hydrogen) atoms. The van der Waals surface area contributed by atoms with Gasteiger partial charge in [0.2, 0.25) is 0 Å². The van der Waals surface area contributed by atoms with Gasteiger partial charge in [-0.3, -0.25) is 0 Å². The molecule has 1 aliphatic rings. The largest absolute Gasteiger partial charge is 0.100 e. The van der Waals surface area contributed by atoms with Crippen molar-refractivity contribution in [3.8, 4) is 0 Å². The van der Waals surface area contributed by atoms with Gasteiger partial charge in [0.05, 0.1) is 0 Å². The highest BCUT2D eigenvalue weighted by molar-refractivity contribution is 4.92. The molecule has 1 fully saturated rings. The standard InChI is InChI=1S/C14H26/c1-10(2)8-13(5)14-9-11(3)6-7-12(14)4/h11-14H,1,6-9H2,2-5H3. The lowest BCUT2D eigenvalue weighted by molar-refractivity contribution is 0.146. The summed E-state index contributed by atoms with van der Waals surface area (Å²) < 4.78 is 0. The Morgan fingerprint density at radius 2 is 2.00 bits per heavy atom. The molecule has 4 unspecified atom stereocenters. The summed E-state index contributed by atoms with van der Waals surface area (Å²) >= 11 is 0. The van der Waals surface area contributed by atoms with Crippen molar-refractivity contribution in [3.63, 3.8) is 0 Å². The minimum atomic E-state index is 0.838. The zero-order valence-electron chi connectivity index (χ0n) is 10.3. The van der Waals surface area contributed by atoms with Gasteiger partial charge in [-0.15, -0.1) is 6.58 Å². The van der Waals surface area contributed by atoms with E-state index in [1.54, 1.807) is 0 Å². The fraction of sp³-hybridized carbons (Fsp3) is 0.857. The van der Waals surface area contributed by atoms with Crippen LogP contribution in [-0.2, 0) is 0 Å². The average Bonchev–Trinajstić information content (AvgIpc) is 2.08. The first-order chi connectivity index (χ1) is 6.50. The second-order valence-electron chi connectivity index (χ2n) is 5.70. The third-order valence-corrected chi connectivity index (χ3v) is 3.92. The molecular formula is C14H26. The molecule has 1 saturated carbocycles. The van der Waals surface area contributed by atoms with Gasteiger partial charge in [0.25, 0.3) is 0 Å². The lowest BCUT2D eigenvalue weighted by atomic mass is 9.69. The van der Waals surface area contributed by atoms with Crippen LogP contribution < -0.4 is 0 Å². The van der Waals surface area contributed by atoms with Crippen molar-refractivity contribution in [2.75, 3.05) is 0 Å². The highest BCUT2D eigenvalue weighted by atomic mass is 14.3. The van der Waals surface area contributed by atoms with Crippen LogP contribution in [0.1, 0.15) is 53.4 Å². The molecule has 0 radical (unpaired) electrons. The summed E-state index contributed by atoms with van der Waals surface area (Å²) in [6.07, 6.45) is 5.54. The second kappa shape index (κ2) is 5.00. The van der Waals surface area contributed by atoms with Crippen molar-refractivity contribution in [1.29, 1.82) is 0 Å². The van der Waals surface area contributed by atoms with Crippen LogP contribution in [0.3, 0.4) is 0 Å². The average molecular weight is 194 g/mol. The molecule has 0 spiro atoms. The lowest BCUT2D eigenvalue weighted by Gasteiger charge is -2.37. The minimum Gasteiger partial charge on any atom is -0.100 e. The highest BCUT2D eigenvalue weighted by Crippen LogP contribution is 2.39. The van der Waals surface area contributed by atoms with Crippen molar-refractivity contribution in [3.05, 3.63) is 12.2 Å². The topological polar surface area (TPSA) is 0 Å². The normalized spacial score (nSPS) is 35.3. The molecule has 0 bridgehead atoms. The van der Waals surface area contributed by atoms with E-state index in [1.807, 2.05) is 0 Å². The Morgan fingerprint density at radius 1 is 1.36 bits per heavy atom. The summed E-state index contributed by atoms with van der Waals surface area (Å²) in [5.74, 6) is 3.66.